The van der Waals surface area contributed by atoms with Crippen molar-refractivity contribution in [1.29, 1.82) is 0 Å². The number of hydrogen-bond acceptors (Lipinski definition) is 1. The van der Waals surface area contributed by atoms with Gasteiger partial charge in [-0.2, -0.15) is 0 Å². The van der Waals surface area contributed by atoms with E-state index in [0.29, 0.717) is 6.04 Å². The zero-order valence-electron chi connectivity index (χ0n) is 7.84. The number of likely N-dealkylation sites (tertiary alicyclic amines) is 1. The Morgan fingerprint density at radius 2 is 2.08 bits per heavy atom. The molecule has 13 heavy (non-hydrogen) atoms. The highest BCUT2D eigenvalue weighted by Gasteiger charge is 2.36. The molecule has 0 aromatic heterocycles. The summed E-state index contributed by atoms with van der Waals surface area (Å²) in [6.45, 7) is 0.937. The van der Waals surface area contributed by atoms with E-state index in [4.69, 9.17) is 11.6 Å². The van der Waals surface area contributed by atoms with Crippen LogP contribution in [-0.4, -0.2) is 29.3 Å². The normalized spacial score (nSPS) is 29.0. The summed E-state index contributed by atoms with van der Waals surface area (Å²) in [7, 11) is 0. The van der Waals surface area contributed by atoms with Crippen LogP contribution >= 0.6 is 11.6 Å². The third-order valence-corrected chi connectivity index (χ3v) is 3.66. The van der Waals surface area contributed by atoms with Gasteiger partial charge in [-0.1, -0.05) is 6.42 Å². The van der Waals surface area contributed by atoms with Crippen LogP contribution in [-0.2, 0) is 4.79 Å². The van der Waals surface area contributed by atoms with Crippen molar-refractivity contribution in [3.05, 3.63) is 0 Å². The molecule has 0 N–H and O–H groups in total. The van der Waals surface area contributed by atoms with Gasteiger partial charge in [0.15, 0.2) is 0 Å². The number of carbonyl (C=O) groups excluding carboxylic acids is 1. The Bertz CT molecular complexity index is 203. The first-order chi connectivity index (χ1) is 6.33. The number of amides is 1. The molecule has 0 spiro atoms. The Balaban J connectivity index is 1.96. The topological polar surface area (TPSA) is 20.3 Å². The summed E-state index contributed by atoms with van der Waals surface area (Å²) in [5, 5.41) is 0. The number of hydrogen-bond donors (Lipinski definition) is 0. The quantitative estimate of drug-likeness (QED) is 0.626. The minimum atomic E-state index is 0.135. The smallest absolute Gasteiger partial charge is 0.237 e. The second kappa shape index (κ2) is 3.87. The molecule has 1 amide bonds. The van der Waals surface area contributed by atoms with Crippen LogP contribution < -0.4 is 0 Å². The van der Waals surface area contributed by atoms with Crippen molar-refractivity contribution in [1.82, 2.24) is 4.90 Å². The minimum Gasteiger partial charge on any atom is -0.338 e. The second-order valence-electron chi connectivity index (χ2n) is 4.12. The summed E-state index contributed by atoms with van der Waals surface area (Å²) in [6, 6.07) is 0.528. The molecule has 1 saturated heterocycles. The molecule has 3 heteroatoms. The monoisotopic (exact) mass is 201 g/mol. The molecule has 2 rings (SSSR count). The van der Waals surface area contributed by atoms with E-state index in [2.05, 4.69) is 0 Å². The fourth-order valence-electron chi connectivity index (χ4n) is 2.49. The lowest BCUT2D eigenvalue weighted by molar-refractivity contribution is -0.130. The molecule has 2 fully saturated rings. The molecule has 2 nitrogen and oxygen atoms in total. The first-order valence-electron chi connectivity index (χ1n) is 5.18. The zero-order chi connectivity index (χ0) is 9.26. The van der Waals surface area contributed by atoms with E-state index in [-0.39, 0.29) is 11.8 Å². The average molecular weight is 202 g/mol. The number of nitrogens with zero attached hydrogens (tertiary/aromatic N) is 1. The molecule has 74 valence electrons. The average Bonchev–Trinajstić information content (AvgIpc) is 2.49. The van der Waals surface area contributed by atoms with Crippen LogP contribution in [0.3, 0.4) is 0 Å². The molecule has 1 heterocycles. The zero-order valence-corrected chi connectivity index (χ0v) is 8.59. The lowest BCUT2D eigenvalue weighted by Crippen LogP contribution is -2.42. The van der Waals surface area contributed by atoms with E-state index in [1.165, 1.54) is 32.1 Å². The Labute approximate surface area is 84.2 Å². The van der Waals surface area contributed by atoms with Gasteiger partial charge in [0.1, 0.15) is 5.88 Å². The van der Waals surface area contributed by atoms with Gasteiger partial charge in [-0.05, 0) is 31.6 Å². The number of rotatable bonds is 2. The molecular weight excluding hydrogens is 186 g/mol. The van der Waals surface area contributed by atoms with Gasteiger partial charge in [0.25, 0.3) is 0 Å². The summed E-state index contributed by atoms with van der Waals surface area (Å²) in [5.74, 6) is 1.08. The van der Waals surface area contributed by atoms with Crippen molar-refractivity contribution in [2.24, 2.45) is 5.92 Å². The molecule has 0 radical (unpaired) electrons. The SMILES string of the molecule is O=C(CCl)N1CCCC1C1CCC1. The fourth-order valence-corrected chi connectivity index (χ4v) is 2.65. The van der Waals surface area contributed by atoms with E-state index in [0.717, 1.165) is 12.5 Å². The van der Waals surface area contributed by atoms with E-state index in [1.54, 1.807) is 0 Å². The van der Waals surface area contributed by atoms with Gasteiger partial charge < -0.3 is 4.90 Å². The predicted molar refractivity (Wildman–Crippen MR) is 52.8 cm³/mol. The van der Waals surface area contributed by atoms with Gasteiger partial charge in [0, 0.05) is 12.6 Å². The van der Waals surface area contributed by atoms with Crippen LogP contribution in [0.5, 0.6) is 0 Å². The van der Waals surface area contributed by atoms with Crippen molar-refractivity contribution < 1.29 is 4.79 Å². The minimum absolute atomic E-state index is 0.135. The summed E-state index contributed by atoms with van der Waals surface area (Å²) < 4.78 is 0. The van der Waals surface area contributed by atoms with E-state index < -0.39 is 0 Å². The summed E-state index contributed by atoms with van der Waals surface area (Å²) in [4.78, 5) is 13.5. The van der Waals surface area contributed by atoms with Gasteiger partial charge in [-0.3, -0.25) is 4.79 Å². The highest BCUT2D eigenvalue weighted by Crippen LogP contribution is 2.37. The highest BCUT2D eigenvalue weighted by molar-refractivity contribution is 6.27. The largest absolute Gasteiger partial charge is 0.338 e. The van der Waals surface area contributed by atoms with Gasteiger partial charge in [-0.25, -0.2) is 0 Å². The van der Waals surface area contributed by atoms with Crippen LogP contribution in [0.25, 0.3) is 0 Å². The van der Waals surface area contributed by atoms with Crippen LogP contribution in [0.2, 0.25) is 0 Å². The first-order valence-corrected chi connectivity index (χ1v) is 5.72. The lowest BCUT2D eigenvalue weighted by Gasteiger charge is -2.36. The van der Waals surface area contributed by atoms with Crippen LogP contribution in [0.1, 0.15) is 32.1 Å². The molecule has 0 aromatic rings. The summed E-state index contributed by atoms with van der Waals surface area (Å²) >= 11 is 5.57. The van der Waals surface area contributed by atoms with Crippen molar-refractivity contribution in [2.45, 2.75) is 38.1 Å². The molecular formula is C10H16ClNO. The molecule has 1 atom stereocenters. The van der Waals surface area contributed by atoms with Crippen molar-refractivity contribution in [2.75, 3.05) is 12.4 Å². The predicted octanol–water partition coefficient (Wildman–Crippen LogP) is 2.02. The van der Waals surface area contributed by atoms with Gasteiger partial charge >= 0.3 is 0 Å². The first kappa shape index (κ1) is 9.32. The molecule has 0 aromatic carbocycles. The third-order valence-electron chi connectivity index (χ3n) is 3.43. The maximum Gasteiger partial charge on any atom is 0.237 e. The number of halogens is 1. The van der Waals surface area contributed by atoms with E-state index in [9.17, 15) is 4.79 Å². The molecule has 1 aliphatic carbocycles. The van der Waals surface area contributed by atoms with Crippen LogP contribution in [0.4, 0.5) is 0 Å². The number of alkyl halides is 1. The molecule has 2 aliphatic rings. The maximum absolute atomic E-state index is 11.5. The Kier molecular flexibility index (Phi) is 2.77. The summed E-state index contributed by atoms with van der Waals surface area (Å²) in [6.07, 6.45) is 6.36. The van der Waals surface area contributed by atoms with Crippen molar-refractivity contribution in [3.8, 4) is 0 Å². The second-order valence-corrected chi connectivity index (χ2v) is 4.39. The summed E-state index contributed by atoms with van der Waals surface area (Å²) in [5.41, 5.74) is 0. The van der Waals surface area contributed by atoms with Gasteiger partial charge in [-0.15, -0.1) is 11.6 Å². The highest BCUT2D eigenvalue weighted by atomic mass is 35.5. The van der Waals surface area contributed by atoms with E-state index in [1.807, 2.05) is 4.90 Å². The Hall–Kier alpha value is -0.240. The van der Waals surface area contributed by atoms with Gasteiger partial charge in [0.2, 0.25) is 5.91 Å². The van der Waals surface area contributed by atoms with Crippen LogP contribution in [0, 0.1) is 5.92 Å². The molecule has 1 saturated carbocycles. The Morgan fingerprint density at radius 1 is 1.31 bits per heavy atom. The third kappa shape index (κ3) is 1.69. The van der Waals surface area contributed by atoms with Crippen molar-refractivity contribution >= 4 is 17.5 Å². The fraction of sp³-hybridized carbons (Fsp3) is 0.900. The lowest BCUT2D eigenvalue weighted by atomic mass is 9.79. The van der Waals surface area contributed by atoms with E-state index >= 15 is 0 Å². The standard InChI is InChI=1S/C10H16ClNO/c11-7-10(13)12-6-2-5-9(12)8-3-1-4-8/h8-9H,1-7H2. The van der Waals surface area contributed by atoms with Crippen molar-refractivity contribution in [3.63, 3.8) is 0 Å². The maximum atomic E-state index is 11.5. The molecule has 0 bridgehead atoms. The van der Waals surface area contributed by atoms with Crippen LogP contribution in [0.15, 0.2) is 0 Å². The number of carbonyl (C=O) groups is 1. The molecule has 1 aliphatic heterocycles. The van der Waals surface area contributed by atoms with Gasteiger partial charge in [0.05, 0.1) is 0 Å². The molecule has 1 unspecified atom stereocenters. The Morgan fingerprint density at radius 3 is 2.62 bits per heavy atom.